The second kappa shape index (κ2) is 7.13. The van der Waals surface area contributed by atoms with E-state index in [4.69, 9.17) is 0 Å². The normalized spacial score (nSPS) is 15.9. The second-order valence-electron chi connectivity index (χ2n) is 8.15. The van der Waals surface area contributed by atoms with Crippen molar-refractivity contribution in [3.05, 3.63) is 64.7 Å². The molecule has 0 saturated carbocycles. The number of hydrogen-bond donors (Lipinski definition) is 0. The topological polar surface area (TPSA) is 50.5 Å². The van der Waals surface area contributed by atoms with E-state index in [-0.39, 0.29) is 11.9 Å². The molecule has 0 fully saturated rings. The predicted molar refractivity (Wildman–Crippen MR) is 123 cm³/mol. The van der Waals surface area contributed by atoms with Crippen molar-refractivity contribution in [2.45, 2.75) is 45.3 Å². The zero-order valence-electron chi connectivity index (χ0n) is 17.6. The Bertz CT molecular complexity index is 1310. The SMILES string of the molecule is Cc1ccc2cc(C)c3nnc(SCC(=O)N4c5ccccc5CC4C)n3c2c1C. The maximum atomic E-state index is 13.1. The molecule has 2 aromatic heterocycles. The summed E-state index contributed by atoms with van der Waals surface area (Å²) in [6.45, 7) is 8.42. The van der Waals surface area contributed by atoms with Gasteiger partial charge in [-0.2, -0.15) is 0 Å². The van der Waals surface area contributed by atoms with E-state index in [0.717, 1.165) is 39.4 Å². The quantitative estimate of drug-likeness (QED) is 0.447. The summed E-state index contributed by atoms with van der Waals surface area (Å²) >= 11 is 1.46. The minimum atomic E-state index is 0.110. The van der Waals surface area contributed by atoms with Gasteiger partial charge in [0.05, 0.1) is 11.3 Å². The Morgan fingerprint density at radius 1 is 1.10 bits per heavy atom. The van der Waals surface area contributed by atoms with Crippen LogP contribution in [0, 0.1) is 20.8 Å². The van der Waals surface area contributed by atoms with E-state index in [1.165, 1.54) is 28.5 Å². The van der Waals surface area contributed by atoms with Crippen molar-refractivity contribution in [1.29, 1.82) is 0 Å². The molecule has 5 nitrogen and oxygen atoms in total. The van der Waals surface area contributed by atoms with Gasteiger partial charge in [-0.05, 0) is 73.9 Å². The number of thioether (sulfide) groups is 1. The average molecular weight is 417 g/mol. The lowest BCUT2D eigenvalue weighted by atomic mass is 10.0. The van der Waals surface area contributed by atoms with Gasteiger partial charge in [-0.15, -0.1) is 10.2 Å². The largest absolute Gasteiger partial charge is 0.308 e. The molecular formula is C24H24N4OS. The maximum absolute atomic E-state index is 13.1. The second-order valence-corrected chi connectivity index (χ2v) is 9.09. The maximum Gasteiger partial charge on any atom is 0.237 e. The van der Waals surface area contributed by atoms with Crippen LogP contribution >= 0.6 is 11.8 Å². The smallest absolute Gasteiger partial charge is 0.237 e. The third-order valence-electron chi connectivity index (χ3n) is 6.12. The summed E-state index contributed by atoms with van der Waals surface area (Å²) in [4.78, 5) is 15.1. The highest BCUT2D eigenvalue weighted by Crippen LogP contribution is 2.33. The van der Waals surface area contributed by atoms with Crippen LogP contribution in [-0.4, -0.2) is 32.3 Å². The fourth-order valence-corrected chi connectivity index (χ4v) is 5.29. The number of hydrogen-bond acceptors (Lipinski definition) is 4. The number of rotatable bonds is 3. The van der Waals surface area contributed by atoms with Gasteiger partial charge >= 0.3 is 0 Å². The zero-order valence-corrected chi connectivity index (χ0v) is 18.5. The first kappa shape index (κ1) is 19.1. The molecule has 6 heteroatoms. The van der Waals surface area contributed by atoms with Crippen molar-refractivity contribution in [3.63, 3.8) is 0 Å². The number of benzene rings is 2. The predicted octanol–water partition coefficient (Wildman–Crippen LogP) is 4.88. The van der Waals surface area contributed by atoms with Crippen LogP contribution in [0.4, 0.5) is 5.69 Å². The summed E-state index contributed by atoms with van der Waals surface area (Å²) in [6.07, 6.45) is 0.906. The number of pyridine rings is 1. The van der Waals surface area contributed by atoms with Crippen molar-refractivity contribution in [2.24, 2.45) is 0 Å². The summed E-state index contributed by atoms with van der Waals surface area (Å²) in [5, 5.41) is 10.8. The number of aryl methyl sites for hydroxylation is 3. The van der Waals surface area contributed by atoms with E-state index < -0.39 is 0 Å². The highest BCUT2D eigenvalue weighted by Gasteiger charge is 2.30. The molecular weight excluding hydrogens is 392 g/mol. The molecule has 5 rings (SSSR count). The molecule has 2 aromatic carbocycles. The Morgan fingerprint density at radius 2 is 1.90 bits per heavy atom. The van der Waals surface area contributed by atoms with E-state index in [1.807, 2.05) is 23.1 Å². The van der Waals surface area contributed by atoms with E-state index in [9.17, 15) is 4.79 Å². The average Bonchev–Trinajstić information content (AvgIpc) is 3.30. The van der Waals surface area contributed by atoms with Gasteiger partial charge in [-0.3, -0.25) is 9.20 Å². The molecule has 1 unspecified atom stereocenters. The number of carbonyl (C=O) groups excluding carboxylic acids is 1. The zero-order chi connectivity index (χ0) is 21.0. The Labute approximate surface area is 180 Å². The monoisotopic (exact) mass is 416 g/mol. The number of aromatic nitrogens is 3. The Morgan fingerprint density at radius 3 is 2.73 bits per heavy atom. The molecule has 1 aliphatic heterocycles. The Balaban J connectivity index is 1.51. The van der Waals surface area contributed by atoms with Gasteiger partial charge in [0.2, 0.25) is 5.91 Å². The lowest BCUT2D eigenvalue weighted by Crippen LogP contribution is -2.37. The molecule has 0 radical (unpaired) electrons. The van der Waals surface area contributed by atoms with Crippen molar-refractivity contribution < 1.29 is 4.79 Å². The fourth-order valence-electron chi connectivity index (χ4n) is 4.49. The molecule has 0 saturated heterocycles. The molecule has 0 bridgehead atoms. The van der Waals surface area contributed by atoms with E-state index in [1.54, 1.807) is 0 Å². The van der Waals surface area contributed by atoms with Gasteiger partial charge in [-0.25, -0.2) is 0 Å². The van der Waals surface area contributed by atoms with E-state index >= 15 is 0 Å². The van der Waals surface area contributed by atoms with Crippen molar-refractivity contribution >= 4 is 39.9 Å². The summed E-state index contributed by atoms with van der Waals surface area (Å²) in [5.74, 6) is 0.443. The molecule has 0 N–H and O–H groups in total. The van der Waals surface area contributed by atoms with Gasteiger partial charge in [-0.1, -0.05) is 42.1 Å². The minimum absolute atomic E-state index is 0.110. The number of para-hydroxylation sites is 1. The third kappa shape index (κ3) is 2.89. The number of nitrogens with zero attached hydrogens (tertiary/aromatic N) is 4. The first-order valence-corrected chi connectivity index (χ1v) is 11.2. The van der Waals surface area contributed by atoms with Gasteiger partial charge in [0, 0.05) is 11.7 Å². The van der Waals surface area contributed by atoms with Gasteiger partial charge in [0.25, 0.3) is 0 Å². The molecule has 4 aromatic rings. The number of amides is 1. The van der Waals surface area contributed by atoms with Crippen LogP contribution < -0.4 is 4.90 Å². The molecule has 0 spiro atoms. The van der Waals surface area contributed by atoms with Crippen LogP contribution in [-0.2, 0) is 11.2 Å². The molecule has 1 amide bonds. The Hall–Kier alpha value is -2.86. The van der Waals surface area contributed by atoms with Crippen molar-refractivity contribution in [3.8, 4) is 0 Å². The number of anilines is 1. The summed E-state index contributed by atoms with van der Waals surface area (Å²) in [5.41, 5.74) is 7.78. The number of fused-ring (bicyclic) bond motifs is 4. The third-order valence-corrected chi connectivity index (χ3v) is 7.03. The van der Waals surface area contributed by atoms with Gasteiger partial charge in [0.1, 0.15) is 0 Å². The van der Waals surface area contributed by atoms with Crippen molar-refractivity contribution in [2.75, 3.05) is 10.7 Å². The lowest BCUT2D eigenvalue weighted by Gasteiger charge is -2.22. The molecule has 152 valence electrons. The van der Waals surface area contributed by atoms with Gasteiger partial charge in [0.15, 0.2) is 10.8 Å². The summed E-state index contributed by atoms with van der Waals surface area (Å²) in [7, 11) is 0. The van der Waals surface area contributed by atoms with E-state index in [0.29, 0.717) is 5.75 Å². The minimum Gasteiger partial charge on any atom is -0.308 e. The van der Waals surface area contributed by atoms with E-state index in [2.05, 4.69) is 66.6 Å². The first-order valence-electron chi connectivity index (χ1n) is 10.2. The molecule has 30 heavy (non-hydrogen) atoms. The highest BCUT2D eigenvalue weighted by atomic mass is 32.2. The van der Waals surface area contributed by atoms with Crippen LogP contribution in [0.5, 0.6) is 0 Å². The highest BCUT2D eigenvalue weighted by molar-refractivity contribution is 7.99. The Kier molecular flexibility index (Phi) is 4.54. The number of carbonyl (C=O) groups is 1. The summed E-state index contributed by atoms with van der Waals surface area (Å²) < 4.78 is 2.12. The standard InChI is InChI=1S/C24H24N4OS/c1-14-9-10-19-11-15(2)23-25-26-24(28(23)22(19)17(14)4)30-13-21(29)27-16(3)12-18-7-5-6-8-20(18)27/h5-11,16H,12-13H2,1-4H3. The molecule has 1 atom stereocenters. The van der Waals surface area contributed by atoms with Crippen LogP contribution in [0.25, 0.3) is 16.6 Å². The summed E-state index contributed by atoms with van der Waals surface area (Å²) in [6, 6.07) is 14.8. The molecule has 0 aliphatic carbocycles. The lowest BCUT2D eigenvalue weighted by molar-refractivity contribution is -0.116. The van der Waals surface area contributed by atoms with Crippen LogP contribution in [0.3, 0.4) is 0 Å². The first-order chi connectivity index (χ1) is 14.5. The van der Waals surface area contributed by atoms with Crippen LogP contribution in [0.15, 0.2) is 47.6 Å². The fraction of sp³-hybridized carbons (Fsp3) is 0.292. The van der Waals surface area contributed by atoms with Crippen LogP contribution in [0.2, 0.25) is 0 Å². The molecule has 1 aliphatic rings. The van der Waals surface area contributed by atoms with Gasteiger partial charge < -0.3 is 4.90 Å². The van der Waals surface area contributed by atoms with Crippen LogP contribution in [0.1, 0.15) is 29.2 Å². The van der Waals surface area contributed by atoms with Crippen molar-refractivity contribution in [1.82, 2.24) is 14.6 Å². The molecule has 3 heterocycles.